The molecule has 0 aliphatic rings. The second kappa shape index (κ2) is 37.6. The molecule has 7 aromatic rings. The van der Waals surface area contributed by atoms with Crippen molar-refractivity contribution in [2.45, 2.75) is 61.6 Å². The van der Waals surface area contributed by atoms with Crippen LogP contribution in [0.25, 0.3) is 0 Å². The third-order valence-corrected chi connectivity index (χ3v) is 9.20. The number of nitrogens with zero attached hydrogens (tertiary/aromatic N) is 4. The SMILES string of the molecule is CCOC(=O)c1ccc(NC(=O)NCc2cn[nH]c2C)cc1.CCOC(=O)c1ccc(NC(=O)Oc2ccccc2)cc1.CCOC(=O)c1cn[nH]c1C.Cc1[nH]ncc1C(N)=O.Cc1[nH]ncc1CN.N.O.[Al].[H-].[Li+]. The Morgan fingerprint density at radius 2 is 0.987 bits per heavy atom. The standard InChI is InChI=1S/C16H15NO4.C15H18N4O3.C7H10N2O2.C5H7N3O.C5H9N3.Al.Li.H3N.H2O.H/c1-2-20-15(18)12-8-10-13(11-9-12)17-16(19)21-14-6-4-3-5-7-14;1-3-22-14(20)11-4-6-13(7-5-11)18-15(21)16-8-12-9-17-19-10(12)2;1-3-11-7(10)6-4-8-9-5(6)2;1-3-4(5(6)9)2-7-8-3;1-4-5(2-6)3-7-8-4;;;;;/h3-11H,2H2,1H3,(H,17,19);4-7,9H,3,8H2,1-2H3,(H,17,19)(H2,16,18,21);4H,3H2,1-2H3,(H,8,9);2H,1H3,(H2,6,9)(H,7,8);3H,2,6H2,1H3,(H,7,8);;;1H3;1H2;/q;;;;;;+1;;;-1. The van der Waals surface area contributed by atoms with Crippen molar-refractivity contribution in [1.29, 1.82) is 0 Å². The second-order valence-electron chi connectivity index (χ2n) is 14.4. The number of hydrogen-bond donors (Lipinski definition) is 10. The van der Waals surface area contributed by atoms with Gasteiger partial charge < -0.3 is 54.1 Å². The number of carbonyl (C=O) groups is 6. The summed E-state index contributed by atoms with van der Waals surface area (Å²) in [6.45, 7) is 14.6. The zero-order valence-electron chi connectivity index (χ0n) is 44.2. The Balaban J connectivity index is -0.000000910. The Morgan fingerprint density at radius 3 is 1.36 bits per heavy atom. The number of benzene rings is 3. The maximum absolute atomic E-state index is 11.8. The Kier molecular flexibility index (Phi) is 34.6. The van der Waals surface area contributed by atoms with Crippen molar-refractivity contribution < 1.29 is 73.5 Å². The van der Waals surface area contributed by atoms with Crippen LogP contribution in [0.4, 0.5) is 21.0 Å². The topological polar surface area (TPSA) is 409 Å². The number of H-pyrrole nitrogens is 4. The summed E-state index contributed by atoms with van der Waals surface area (Å²) in [5.41, 5.74) is 18.7. The summed E-state index contributed by atoms with van der Waals surface area (Å²) in [7, 11) is 0. The van der Waals surface area contributed by atoms with E-state index < -0.39 is 18.0 Å². The van der Waals surface area contributed by atoms with Crippen LogP contribution < -0.4 is 57.2 Å². The molecule has 0 fully saturated rings. The number of aromatic amines is 4. The largest absolute Gasteiger partial charge is 1.00 e. The molecule has 3 aromatic carbocycles. The summed E-state index contributed by atoms with van der Waals surface area (Å²) in [6.07, 6.45) is 5.70. The van der Waals surface area contributed by atoms with Crippen LogP contribution >= 0.6 is 0 Å². The number of carbonyl (C=O) groups excluding carboxylic acids is 6. The summed E-state index contributed by atoms with van der Waals surface area (Å²) >= 11 is 0. The number of urea groups is 1. The van der Waals surface area contributed by atoms with E-state index in [1.165, 1.54) is 12.4 Å². The van der Waals surface area contributed by atoms with Gasteiger partial charge >= 0.3 is 48.9 Å². The first-order valence-corrected chi connectivity index (χ1v) is 21.9. The van der Waals surface area contributed by atoms with Gasteiger partial charge in [-0.3, -0.25) is 30.5 Å². The number of aryl methyl sites for hydroxylation is 4. The predicted molar refractivity (Wildman–Crippen MR) is 278 cm³/mol. The Bertz CT molecular complexity index is 2760. The van der Waals surface area contributed by atoms with Crippen molar-refractivity contribution in [2.24, 2.45) is 11.5 Å². The summed E-state index contributed by atoms with van der Waals surface area (Å²) in [5, 5.41) is 33.8. The molecule has 4 aromatic heterocycles. The van der Waals surface area contributed by atoms with E-state index in [4.69, 9.17) is 30.4 Å². The molecule has 25 nitrogen and oxygen atoms in total. The molecule has 0 saturated heterocycles. The molecule has 0 atom stereocenters. The molecule has 0 saturated carbocycles. The average Bonchev–Trinajstić information content (AvgIpc) is 4.19. The van der Waals surface area contributed by atoms with Gasteiger partial charge in [0.05, 0.1) is 61.3 Å². The smallest absolute Gasteiger partial charge is 1.00 e. The van der Waals surface area contributed by atoms with Crippen LogP contribution in [0.2, 0.25) is 0 Å². The van der Waals surface area contributed by atoms with Gasteiger partial charge in [0.15, 0.2) is 0 Å². The molecule has 4 heterocycles. The number of amides is 4. The van der Waals surface area contributed by atoms with Crippen molar-refractivity contribution in [3.63, 3.8) is 0 Å². The molecule has 0 aliphatic carbocycles. The van der Waals surface area contributed by atoms with Crippen molar-refractivity contribution in [2.75, 3.05) is 30.5 Å². The van der Waals surface area contributed by atoms with Gasteiger partial charge in [-0.25, -0.2) is 24.0 Å². The van der Waals surface area contributed by atoms with E-state index in [0.29, 0.717) is 78.0 Å². The monoisotopic (exact) mass is 1050 g/mol. The number of para-hydroxylation sites is 1. The fraction of sp³-hybridized carbons (Fsp3) is 0.250. The minimum atomic E-state index is -0.593. The summed E-state index contributed by atoms with van der Waals surface area (Å²) < 4.78 is 19.6. The van der Waals surface area contributed by atoms with Gasteiger partial charge in [-0.2, -0.15) is 20.4 Å². The zero-order valence-corrected chi connectivity index (χ0v) is 44.3. The van der Waals surface area contributed by atoms with E-state index in [1.54, 1.807) is 120 Å². The third kappa shape index (κ3) is 24.9. The molecule has 3 radical (unpaired) electrons. The molecule has 0 aliphatic heterocycles. The van der Waals surface area contributed by atoms with Gasteiger partial charge in [-0.1, -0.05) is 18.2 Å². The van der Waals surface area contributed by atoms with Crippen molar-refractivity contribution in [3.8, 4) is 5.75 Å². The number of primary amides is 1. The Labute approximate surface area is 457 Å². The number of esters is 3. The normalized spacial score (nSPS) is 9.28. The van der Waals surface area contributed by atoms with Crippen LogP contribution in [-0.4, -0.2) is 119 Å². The maximum Gasteiger partial charge on any atom is 1.00 e. The summed E-state index contributed by atoms with van der Waals surface area (Å²) in [4.78, 5) is 68.0. The Morgan fingerprint density at radius 1 is 0.573 bits per heavy atom. The second-order valence-corrected chi connectivity index (χ2v) is 14.4. The van der Waals surface area contributed by atoms with Crippen LogP contribution in [-0.2, 0) is 27.3 Å². The van der Waals surface area contributed by atoms with Gasteiger partial charge in [0.2, 0.25) is 0 Å². The molecule has 397 valence electrons. The molecule has 0 unspecified atom stereocenters. The van der Waals surface area contributed by atoms with Gasteiger partial charge in [0, 0.05) is 75.7 Å². The number of hydrogen-bond acceptors (Lipinski definition) is 16. The van der Waals surface area contributed by atoms with Crippen LogP contribution in [0.3, 0.4) is 0 Å². The fourth-order valence-corrected chi connectivity index (χ4v) is 5.40. The minimum absolute atomic E-state index is 0. The van der Waals surface area contributed by atoms with E-state index in [1.807, 2.05) is 19.9 Å². The molecule has 0 spiro atoms. The van der Waals surface area contributed by atoms with Gasteiger partial charge in [0.1, 0.15) is 11.3 Å². The summed E-state index contributed by atoms with van der Waals surface area (Å²) in [5.74, 6) is -1.08. The molecule has 0 bridgehead atoms. The van der Waals surface area contributed by atoms with Crippen molar-refractivity contribution >= 4 is 64.7 Å². The molecule has 4 amide bonds. The fourth-order valence-electron chi connectivity index (χ4n) is 5.40. The molecule has 75 heavy (non-hydrogen) atoms. The van der Waals surface area contributed by atoms with E-state index in [2.05, 4.69) is 56.7 Å². The van der Waals surface area contributed by atoms with Gasteiger partial charge in [0.25, 0.3) is 5.91 Å². The predicted octanol–water partition coefficient (Wildman–Crippen LogP) is 2.65. The number of anilines is 2. The quantitative estimate of drug-likeness (QED) is 0.0451. The summed E-state index contributed by atoms with van der Waals surface area (Å²) in [6, 6.07) is 21.3. The maximum atomic E-state index is 11.8. The van der Waals surface area contributed by atoms with Crippen molar-refractivity contribution in [3.05, 3.63) is 160 Å². The number of rotatable bonds is 13. The first kappa shape index (κ1) is 69.0. The van der Waals surface area contributed by atoms with Crippen LogP contribution in [0, 0.1) is 27.7 Å². The number of ether oxygens (including phenoxy) is 4. The van der Waals surface area contributed by atoms with Crippen molar-refractivity contribution in [1.82, 2.24) is 52.3 Å². The van der Waals surface area contributed by atoms with E-state index in [0.717, 1.165) is 28.2 Å². The first-order valence-electron chi connectivity index (χ1n) is 21.9. The molecular formula is C48H65AlLiN14O11. The van der Waals surface area contributed by atoms with Gasteiger partial charge in [-0.05, 0) is 109 Å². The number of nitrogens with two attached hydrogens (primary N) is 2. The van der Waals surface area contributed by atoms with E-state index >= 15 is 0 Å². The molecule has 27 heteroatoms. The van der Waals surface area contributed by atoms with Gasteiger partial charge in [-0.15, -0.1) is 0 Å². The van der Waals surface area contributed by atoms with E-state index in [-0.39, 0.29) is 67.2 Å². The Hall–Kier alpha value is -8.07. The minimum Gasteiger partial charge on any atom is -1.00 e. The van der Waals surface area contributed by atoms with Crippen LogP contribution in [0.5, 0.6) is 5.75 Å². The van der Waals surface area contributed by atoms with Crippen LogP contribution in [0.15, 0.2) is 104 Å². The average molecular weight is 1050 g/mol. The number of nitrogens with one attached hydrogen (secondary N) is 7. The van der Waals surface area contributed by atoms with Crippen LogP contribution in [0.1, 0.15) is 97.5 Å². The van der Waals surface area contributed by atoms with E-state index in [9.17, 15) is 28.8 Å². The zero-order chi connectivity index (χ0) is 52.1. The molecule has 7 rings (SSSR count). The number of aromatic nitrogens is 8. The third-order valence-electron chi connectivity index (χ3n) is 9.20. The first-order chi connectivity index (χ1) is 34.1. The molecule has 16 N–H and O–H groups in total. The molecular weight excluding hydrogens is 983 g/mol.